The van der Waals surface area contributed by atoms with Gasteiger partial charge in [0.05, 0.1) is 11.9 Å². The highest BCUT2D eigenvalue weighted by Crippen LogP contribution is 2.22. The molecule has 0 heterocycles. The summed E-state index contributed by atoms with van der Waals surface area (Å²) in [5, 5.41) is 2.80. The van der Waals surface area contributed by atoms with E-state index in [-0.39, 0.29) is 12.5 Å². The Morgan fingerprint density at radius 2 is 1.61 bits per heavy atom. The van der Waals surface area contributed by atoms with Crippen molar-refractivity contribution < 1.29 is 18.0 Å². The number of sulfonamides is 1. The average Bonchev–Trinajstić information content (AvgIpc) is 2.74. The molecule has 0 fully saturated rings. The summed E-state index contributed by atoms with van der Waals surface area (Å²) in [6, 6.07) is 14.5. The maximum absolute atomic E-state index is 13.5. The third kappa shape index (κ3) is 7.60. The molecule has 0 aliphatic carbocycles. The minimum absolute atomic E-state index is 0.237. The van der Waals surface area contributed by atoms with E-state index in [0.717, 1.165) is 27.3 Å². The Bertz CT molecular complexity index is 1030. The molecule has 7 nitrogen and oxygen atoms in total. The molecular weight excluding hydrogens is 438 g/mol. The van der Waals surface area contributed by atoms with Crippen molar-refractivity contribution in [3.05, 3.63) is 65.2 Å². The fourth-order valence-electron chi connectivity index (χ4n) is 3.90. The van der Waals surface area contributed by atoms with E-state index in [9.17, 15) is 18.0 Å². The lowest BCUT2D eigenvalue weighted by atomic mass is 10.1. The van der Waals surface area contributed by atoms with E-state index in [2.05, 4.69) is 5.32 Å². The molecule has 180 valence electrons. The summed E-state index contributed by atoms with van der Waals surface area (Å²) in [5.41, 5.74) is 3.29. The lowest BCUT2D eigenvalue weighted by Gasteiger charge is -2.33. The van der Waals surface area contributed by atoms with Crippen LogP contribution >= 0.6 is 0 Å². The number of nitrogens with zero attached hydrogens (tertiary/aromatic N) is 2. The maximum Gasteiger partial charge on any atom is 0.244 e. The molecule has 1 atom stereocenters. The molecule has 2 rings (SSSR count). The molecule has 0 saturated carbocycles. The Kier molecular flexibility index (Phi) is 9.46. The second-order valence-electron chi connectivity index (χ2n) is 8.26. The number of nitrogens with one attached hydrogen (secondary N) is 1. The largest absolute Gasteiger partial charge is 0.355 e. The molecule has 0 saturated heterocycles. The maximum atomic E-state index is 13.5. The Hall–Kier alpha value is -2.87. The lowest BCUT2D eigenvalue weighted by Crippen LogP contribution is -2.53. The number of aryl methyl sites for hydroxylation is 2. The van der Waals surface area contributed by atoms with Crippen LogP contribution in [-0.2, 0) is 26.0 Å². The zero-order valence-electron chi connectivity index (χ0n) is 20.2. The molecule has 2 aromatic carbocycles. The van der Waals surface area contributed by atoms with Gasteiger partial charge in [-0.2, -0.15) is 0 Å². The molecule has 0 unspecified atom stereocenters. The van der Waals surface area contributed by atoms with Gasteiger partial charge in [0.2, 0.25) is 21.8 Å². The highest BCUT2D eigenvalue weighted by atomic mass is 32.2. The van der Waals surface area contributed by atoms with Crippen LogP contribution in [0.2, 0.25) is 0 Å². The fraction of sp³-hybridized carbons (Fsp3) is 0.440. The Balaban J connectivity index is 2.38. The third-order valence-corrected chi connectivity index (χ3v) is 6.54. The smallest absolute Gasteiger partial charge is 0.244 e. The Labute approximate surface area is 197 Å². The molecule has 33 heavy (non-hydrogen) atoms. The quantitative estimate of drug-likeness (QED) is 0.543. The van der Waals surface area contributed by atoms with Gasteiger partial charge in [0.1, 0.15) is 12.6 Å². The second-order valence-corrected chi connectivity index (χ2v) is 10.2. The van der Waals surface area contributed by atoms with Crippen LogP contribution in [0.25, 0.3) is 0 Å². The van der Waals surface area contributed by atoms with Crippen molar-refractivity contribution in [3.63, 3.8) is 0 Å². The van der Waals surface area contributed by atoms with Crippen molar-refractivity contribution in [2.24, 2.45) is 0 Å². The van der Waals surface area contributed by atoms with Gasteiger partial charge >= 0.3 is 0 Å². The summed E-state index contributed by atoms with van der Waals surface area (Å²) in [6.45, 7) is 7.83. The predicted octanol–water partition coefficient (Wildman–Crippen LogP) is 3.06. The van der Waals surface area contributed by atoms with Gasteiger partial charge < -0.3 is 10.2 Å². The molecule has 0 aromatic heterocycles. The van der Waals surface area contributed by atoms with Gasteiger partial charge in [0, 0.05) is 13.1 Å². The number of amides is 2. The van der Waals surface area contributed by atoms with Gasteiger partial charge in [-0.1, -0.05) is 43.3 Å². The minimum Gasteiger partial charge on any atom is -0.355 e. The molecule has 0 radical (unpaired) electrons. The number of carbonyl (C=O) groups is 2. The molecule has 1 N–H and O–H groups in total. The third-order valence-electron chi connectivity index (χ3n) is 5.39. The van der Waals surface area contributed by atoms with Crippen LogP contribution < -0.4 is 9.62 Å². The van der Waals surface area contributed by atoms with Crippen molar-refractivity contribution in [2.75, 3.05) is 30.2 Å². The Morgan fingerprint density at radius 3 is 2.12 bits per heavy atom. The summed E-state index contributed by atoms with van der Waals surface area (Å²) >= 11 is 0. The number of anilines is 1. The lowest BCUT2D eigenvalue weighted by molar-refractivity contribution is -0.139. The van der Waals surface area contributed by atoms with E-state index in [1.807, 2.05) is 64.1 Å². The molecule has 2 amide bonds. The number of carbonyl (C=O) groups excluding carboxylic acids is 2. The number of likely N-dealkylation sites (N-methyl/N-ethyl adjacent to an activating group) is 1. The summed E-state index contributed by atoms with van der Waals surface area (Å²) in [6.07, 6.45) is 2.08. The van der Waals surface area contributed by atoms with Crippen molar-refractivity contribution in [1.29, 1.82) is 0 Å². The van der Waals surface area contributed by atoms with Crippen LogP contribution in [0.4, 0.5) is 5.69 Å². The average molecular weight is 474 g/mol. The van der Waals surface area contributed by atoms with Gasteiger partial charge in [0.15, 0.2) is 0 Å². The standard InChI is InChI=1S/C25H35N3O4S/c1-6-23(25(30)26-7-2)27(14-13-21-11-9-8-10-12-21)24(29)18-28(33(5,31)32)22-16-19(3)15-20(4)17-22/h8-12,15-17,23H,6-7,13-14,18H2,1-5H3,(H,26,30)/t23-/m0/s1. The second kappa shape index (κ2) is 11.8. The molecular formula is C25H35N3O4S. The monoisotopic (exact) mass is 473 g/mol. The van der Waals surface area contributed by atoms with Crippen LogP contribution in [0, 0.1) is 13.8 Å². The number of benzene rings is 2. The first kappa shape index (κ1) is 26.4. The van der Waals surface area contributed by atoms with Crippen LogP contribution in [-0.4, -0.2) is 57.1 Å². The topological polar surface area (TPSA) is 86.8 Å². The fourth-order valence-corrected chi connectivity index (χ4v) is 4.73. The zero-order valence-corrected chi connectivity index (χ0v) is 21.0. The van der Waals surface area contributed by atoms with Gasteiger partial charge in [-0.3, -0.25) is 13.9 Å². The van der Waals surface area contributed by atoms with Gasteiger partial charge in [-0.25, -0.2) is 8.42 Å². The van der Waals surface area contributed by atoms with Crippen LogP contribution in [0.3, 0.4) is 0 Å². The van der Waals surface area contributed by atoms with Crippen LogP contribution in [0.1, 0.15) is 37.0 Å². The molecule has 2 aromatic rings. The van der Waals surface area contributed by atoms with Gasteiger partial charge in [-0.15, -0.1) is 0 Å². The number of rotatable bonds is 11. The van der Waals surface area contributed by atoms with Gasteiger partial charge in [0.25, 0.3) is 0 Å². The molecule has 0 bridgehead atoms. The first-order chi connectivity index (χ1) is 15.6. The molecule has 0 aliphatic rings. The summed E-state index contributed by atoms with van der Waals surface area (Å²) in [7, 11) is -3.72. The first-order valence-electron chi connectivity index (χ1n) is 11.2. The van der Waals surface area contributed by atoms with Crippen LogP contribution in [0.15, 0.2) is 48.5 Å². The van der Waals surface area contributed by atoms with Crippen LogP contribution in [0.5, 0.6) is 0 Å². The summed E-state index contributed by atoms with van der Waals surface area (Å²) in [5.74, 6) is -0.646. The molecule has 0 spiro atoms. The number of hydrogen-bond donors (Lipinski definition) is 1. The molecule has 8 heteroatoms. The van der Waals surface area contributed by atoms with E-state index in [4.69, 9.17) is 0 Å². The summed E-state index contributed by atoms with van der Waals surface area (Å²) in [4.78, 5) is 27.8. The van der Waals surface area contributed by atoms with E-state index in [1.165, 1.54) is 4.90 Å². The molecule has 0 aliphatic heterocycles. The van der Waals surface area contributed by atoms with Gasteiger partial charge in [-0.05, 0) is 62.4 Å². The predicted molar refractivity (Wildman–Crippen MR) is 133 cm³/mol. The highest BCUT2D eigenvalue weighted by Gasteiger charge is 2.31. The number of hydrogen-bond acceptors (Lipinski definition) is 4. The first-order valence-corrected chi connectivity index (χ1v) is 13.1. The van der Waals surface area contributed by atoms with Crippen molar-refractivity contribution in [3.8, 4) is 0 Å². The van der Waals surface area contributed by atoms with Crippen molar-refractivity contribution >= 4 is 27.5 Å². The zero-order chi connectivity index (χ0) is 24.6. The summed E-state index contributed by atoms with van der Waals surface area (Å²) < 4.78 is 26.4. The van der Waals surface area contributed by atoms with Crippen molar-refractivity contribution in [2.45, 2.75) is 46.6 Å². The SMILES string of the molecule is CCNC(=O)[C@H](CC)N(CCc1ccccc1)C(=O)CN(c1cc(C)cc(C)c1)S(C)(=O)=O. The Morgan fingerprint density at radius 1 is 1.00 bits per heavy atom. The van der Waals surface area contributed by atoms with E-state index < -0.39 is 22.0 Å². The van der Waals surface area contributed by atoms with E-state index in [0.29, 0.717) is 31.6 Å². The minimum atomic E-state index is -3.72. The van der Waals surface area contributed by atoms with E-state index >= 15 is 0 Å². The van der Waals surface area contributed by atoms with Crippen molar-refractivity contribution in [1.82, 2.24) is 10.2 Å². The highest BCUT2D eigenvalue weighted by molar-refractivity contribution is 7.92. The van der Waals surface area contributed by atoms with E-state index in [1.54, 1.807) is 12.1 Å². The normalized spacial score (nSPS) is 12.2.